The number of benzene rings is 9. The summed E-state index contributed by atoms with van der Waals surface area (Å²) in [7, 11) is 0. The molecule has 0 radical (unpaired) electrons. The number of hydrogen-bond donors (Lipinski definition) is 0. The van der Waals surface area contributed by atoms with Crippen molar-refractivity contribution in [3.05, 3.63) is 206 Å². The second-order valence-electron chi connectivity index (χ2n) is 14.8. The fourth-order valence-corrected chi connectivity index (χ4v) is 9.23. The van der Waals surface area contributed by atoms with Crippen LogP contribution < -0.4 is 0 Å². The zero-order valence-electron chi connectivity index (χ0n) is 30.9. The molecule has 266 valence electrons. The third-order valence-corrected chi connectivity index (χ3v) is 11.7. The number of fused-ring (bicyclic) bond motifs is 11. The van der Waals surface area contributed by atoms with Gasteiger partial charge in [0.05, 0.1) is 32.8 Å². The minimum Gasteiger partial charge on any atom is -0.455 e. The van der Waals surface area contributed by atoms with Crippen molar-refractivity contribution >= 4 is 65.6 Å². The van der Waals surface area contributed by atoms with Crippen LogP contribution in [0.5, 0.6) is 0 Å². The lowest BCUT2D eigenvalue weighted by molar-refractivity contribution is 0.677. The Hall–Kier alpha value is -7.62. The van der Waals surface area contributed by atoms with Crippen LogP contribution in [0.25, 0.3) is 110 Å². The molecule has 0 saturated carbocycles. The van der Waals surface area contributed by atoms with Crippen LogP contribution in [0.1, 0.15) is 0 Å². The van der Waals surface area contributed by atoms with Gasteiger partial charge in [0, 0.05) is 44.0 Å². The Morgan fingerprint density at radius 1 is 0.298 bits per heavy atom. The minimum atomic E-state index is 0.900. The van der Waals surface area contributed by atoms with Gasteiger partial charge < -0.3 is 13.6 Å². The van der Waals surface area contributed by atoms with Crippen LogP contribution in [0.15, 0.2) is 211 Å². The molecule has 0 spiro atoms. The van der Waals surface area contributed by atoms with Gasteiger partial charge in [0.2, 0.25) is 0 Å². The van der Waals surface area contributed by atoms with E-state index in [-0.39, 0.29) is 0 Å². The van der Waals surface area contributed by atoms with Gasteiger partial charge in [-0.15, -0.1) is 0 Å². The van der Waals surface area contributed by atoms with Crippen LogP contribution in [0.4, 0.5) is 0 Å². The van der Waals surface area contributed by atoms with Crippen LogP contribution in [0.2, 0.25) is 0 Å². The first kappa shape index (κ1) is 31.7. The van der Waals surface area contributed by atoms with Crippen LogP contribution in [-0.4, -0.2) is 9.13 Å². The first-order chi connectivity index (χ1) is 28.3. The van der Waals surface area contributed by atoms with E-state index in [1.807, 2.05) is 0 Å². The molecule has 0 bridgehead atoms. The van der Waals surface area contributed by atoms with E-state index < -0.39 is 0 Å². The van der Waals surface area contributed by atoms with E-state index in [2.05, 4.69) is 215 Å². The number of para-hydroxylation sites is 3. The Kier molecular flexibility index (Phi) is 6.93. The summed E-state index contributed by atoms with van der Waals surface area (Å²) in [6.45, 7) is 0. The highest BCUT2D eigenvalue weighted by Gasteiger charge is 2.27. The van der Waals surface area contributed by atoms with E-state index in [9.17, 15) is 0 Å². The molecular formula is C54H34N2O. The molecule has 0 saturated heterocycles. The molecule has 3 heteroatoms. The fourth-order valence-electron chi connectivity index (χ4n) is 9.23. The summed E-state index contributed by atoms with van der Waals surface area (Å²) < 4.78 is 12.3. The Balaban J connectivity index is 1.29. The third-order valence-electron chi connectivity index (χ3n) is 11.7. The first-order valence-electron chi connectivity index (χ1n) is 19.5. The molecule has 12 rings (SSSR count). The maximum atomic E-state index is 7.44. The van der Waals surface area contributed by atoms with Gasteiger partial charge in [0.1, 0.15) is 11.2 Å². The van der Waals surface area contributed by atoms with Crippen molar-refractivity contribution in [2.24, 2.45) is 0 Å². The van der Waals surface area contributed by atoms with Crippen molar-refractivity contribution in [2.45, 2.75) is 0 Å². The van der Waals surface area contributed by atoms with Crippen molar-refractivity contribution in [2.75, 3.05) is 0 Å². The predicted molar refractivity (Wildman–Crippen MR) is 239 cm³/mol. The third kappa shape index (κ3) is 4.73. The van der Waals surface area contributed by atoms with Crippen molar-refractivity contribution in [1.82, 2.24) is 9.13 Å². The van der Waals surface area contributed by atoms with E-state index in [0.29, 0.717) is 0 Å². The summed E-state index contributed by atoms with van der Waals surface area (Å²) in [4.78, 5) is 0. The van der Waals surface area contributed by atoms with Gasteiger partial charge in [0.25, 0.3) is 0 Å². The lowest BCUT2D eigenvalue weighted by Gasteiger charge is -2.14. The largest absolute Gasteiger partial charge is 0.455 e. The topological polar surface area (TPSA) is 23.0 Å². The Bertz CT molecular complexity index is 3480. The van der Waals surface area contributed by atoms with Gasteiger partial charge in [-0.3, -0.25) is 0 Å². The molecular weight excluding hydrogens is 693 g/mol. The Labute approximate surface area is 328 Å². The van der Waals surface area contributed by atoms with E-state index >= 15 is 0 Å². The van der Waals surface area contributed by atoms with Crippen LogP contribution >= 0.6 is 0 Å². The normalized spacial score (nSPS) is 11.9. The van der Waals surface area contributed by atoms with E-state index in [1.165, 1.54) is 16.7 Å². The maximum absolute atomic E-state index is 7.44. The monoisotopic (exact) mass is 726 g/mol. The highest BCUT2D eigenvalue weighted by molar-refractivity contribution is 6.32. The summed E-state index contributed by atoms with van der Waals surface area (Å²) in [5.74, 6) is 0. The molecule has 0 amide bonds. The van der Waals surface area contributed by atoms with Crippen LogP contribution in [0, 0.1) is 0 Å². The summed E-state index contributed by atoms with van der Waals surface area (Å²) in [5, 5.41) is 6.77. The molecule has 0 aliphatic carbocycles. The van der Waals surface area contributed by atoms with E-state index in [0.717, 1.165) is 93.6 Å². The second kappa shape index (κ2) is 12.5. The molecule has 0 atom stereocenters. The lowest BCUT2D eigenvalue weighted by Crippen LogP contribution is -1.96. The van der Waals surface area contributed by atoms with Gasteiger partial charge in [-0.1, -0.05) is 158 Å². The summed E-state index contributed by atoms with van der Waals surface area (Å²) in [5.41, 5.74) is 15.6. The van der Waals surface area contributed by atoms with E-state index in [4.69, 9.17) is 4.42 Å². The average molecular weight is 727 g/mol. The molecule has 0 N–H and O–H groups in total. The van der Waals surface area contributed by atoms with Crippen molar-refractivity contribution < 1.29 is 4.42 Å². The fraction of sp³-hybridized carbons (Fsp3) is 0. The minimum absolute atomic E-state index is 0.900. The van der Waals surface area contributed by atoms with Gasteiger partial charge in [-0.05, 0) is 70.8 Å². The Morgan fingerprint density at radius 3 is 1.23 bits per heavy atom. The molecule has 57 heavy (non-hydrogen) atoms. The summed E-state index contributed by atoms with van der Waals surface area (Å²) in [6.07, 6.45) is 0. The molecule has 12 aromatic rings. The number of aromatic nitrogens is 2. The number of nitrogens with zero attached hydrogens (tertiary/aromatic N) is 2. The average Bonchev–Trinajstić information content (AvgIpc) is 3.95. The molecule has 0 fully saturated rings. The number of hydrogen-bond acceptors (Lipinski definition) is 1. The predicted octanol–water partition coefficient (Wildman–Crippen LogP) is 14.8. The zero-order chi connectivity index (χ0) is 37.5. The molecule has 3 aromatic heterocycles. The molecule has 3 heterocycles. The SMILES string of the molecule is c1ccc(-c2cccc(-n3c4ccccc4c4c5oc6c(cc(-c7ccccc7)c7c6c6ccccc6n7-c6ccccc6)c5cc(-c5ccccc5)c43)c2)cc1. The van der Waals surface area contributed by atoms with Crippen LogP contribution in [-0.2, 0) is 0 Å². The van der Waals surface area contributed by atoms with Gasteiger partial charge in [-0.2, -0.15) is 0 Å². The molecule has 0 aliphatic rings. The smallest absolute Gasteiger partial charge is 0.145 e. The van der Waals surface area contributed by atoms with Gasteiger partial charge in [-0.25, -0.2) is 0 Å². The van der Waals surface area contributed by atoms with Crippen molar-refractivity contribution in [1.29, 1.82) is 0 Å². The molecule has 3 nitrogen and oxygen atoms in total. The molecule has 0 unspecified atom stereocenters. The summed E-state index contributed by atoms with van der Waals surface area (Å²) in [6, 6.07) is 74.2. The molecule has 0 aliphatic heterocycles. The van der Waals surface area contributed by atoms with Crippen molar-refractivity contribution in [3.63, 3.8) is 0 Å². The lowest BCUT2D eigenvalue weighted by atomic mass is 9.95. The van der Waals surface area contributed by atoms with Gasteiger partial charge in [0.15, 0.2) is 0 Å². The quantitative estimate of drug-likeness (QED) is 0.173. The standard InChI is InChI=1S/C54H34N2O/c1-5-18-35(19-6-1)38-24-17-27-40(32-38)56-48-31-16-14-29-42(48)50-52(56)44(37-22-9-3-10-23-37)34-46-45-33-43(36-20-7-2-8-21-36)51-49(53(45)57-54(46)50)41-28-13-15-30-47(41)55(51)39-25-11-4-12-26-39/h1-34H. The second-order valence-corrected chi connectivity index (χ2v) is 14.8. The van der Waals surface area contributed by atoms with Crippen molar-refractivity contribution in [3.8, 4) is 44.8 Å². The van der Waals surface area contributed by atoms with E-state index in [1.54, 1.807) is 0 Å². The zero-order valence-corrected chi connectivity index (χ0v) is 30.9. The maximum Gasteiger partial charge on any atom is 0.145 e. The number of furan rings is 1. The Morgan fingerprint density at radius 2 is 0.702 bits per heavy atom. The highest BCUT2D eigenvalue weighted by Crippen LogP contribution is 2.50. The number of rotatable bonds is 5. The summed E-state index contributed by atoms with van der Waals surface area (Å²) >= 11 is 0. The molecule has 9 aromatic carbocycles. The van der Waals surface area contributed by atoms with Crippen LogP contribution in [0.3, 0.4) is 0 Å². The first-order valence-corrected chi connectivity index (χ1v) is 19.5. The highest BCUT2D eigenvalue weighted by atomic mass is 16.3. The van der Waals surface area contributed by atoms with Gasteiger partial charge >= 0.3 is 0 Å².